The molecule has 122 valence electrons. The van der Waals surface area contributed by atoms with E-state index in [4.69, 9.17) is 0 Å². The number of halogens is 1. The first kappa shape index (κ1) is 17.2. The monoisotopic (exact) mass is 345 g/mol. The molecule has 0 atom stereocenters. The molecule has 0 unspecified atom stereocenters. The molecule has 0 radical (unpaired) electrons. The minimum absolute atomic E-state index is 0. The van der Waals surface area contributed by atoms with Gasteiger partial charge in [0.25, 0.3) is 5.91 Å². The number of nitrogens with one attached hydrogen (secondary N) is 1. The number of nitro groups is 1. The summed E-state index contributed by atoms with van der Waals surface area (Å²) < 4.78 is 0. The highest BCUT2D eigenvalue weighted by Crippen LogP contribution is 2.39. The maximum Gasteiger partial charge on any atom is 0.324 e. The zero-order valence-electron chi connectivity index (χ0n) is 12.2. The number of carbonyl (C=O) groups excluding carboxylic acids is 1. The van der Waals surface area contributed by atoms with Crippen LogP contribution in [0.2, 0.25) is 0 Å². The van der Waals surface area contributed by atoms with Crippen LogP contribution in [0.4, 0.5) is 5.00 Å². The second kappa shape index (κ2) is 6.93. The van der Waals surface area contributed by atoms with Crippen LogP contribution in [0.5, 0.6) is 0 Å². The molecule has 2 saturated heterocycles. The number of piperidine rings is 2. The third-order valence-electron chi connectivity index (χ3n) is 4.79. The molecule has 0 saturated carbocycles. The molecule has 1 aromatic heterocycles. The van der Waals surface area contributed by atoms with Gasteiger partial charge in [-0.1, -0.05) is 11.3 Å². The van der Waals surface area contributed by atoms with Crippen LogP contribution < -0.4 is 5.32 Å². The lowest BCUT2D eigenvalue weighted by Crippen LogP contribution is -2.47. The Morgan fingerprint density at radius 2 is 1.91 bits per heavy atom. The van der Waals surface area contributed by atoms with Crippen LogP contribution in [-0.2, 0) is 0 Å². The lowest BCUT2D eigenvalue weighted by atomic mass is 9.71. The third kappa shape index (κ3) is 3.42. The molecule has 22 heavy (non-hydrogen) atoms. The van der Waals surface area contributed by atoms with E-state index >= 15 is 0 Å². The van der Waals surface area contributed by atoms with Gasteiger partial charge in [0.1, 0.15) is 0 Å². The van der Waals surface area contributed by atoms with Crippen LogP contribution in [0.15, 0.2) is 11.4 Å². The number of rotatable bonds is 2. The average molecular weight is 346 g/mol. The van der Waals surface area contributed by atoms with Crippen molar-refractivity contribution in [2.24, 2.45) is 5.41 Å². The summed E-state index contributed by atoms with van der Waals surface area (Å²) >= 11 is 1.02. The van der Waals surface area contributed by atoms with E-state index in [1.54, 1.807) is 5.38 Å². The Kier molecular flexibility index (Phi) is 5.41. The number of nitrogens with zero attached hydrogens (tertiary/aromatic N) is 2. The summed E-state index contributed by atoms with van der Waals surface area (Å²) in [5.74, 6) is -0.0665. The second-order valence-corrected chi connectivity index (χ2v) is 6.86. The smallest absolute Gasteiger partial charge is 0.324 e. The van der Waals surface area contributed by atoms with E-state index in [-0.39, 0.29) is 23.3 Å². The Hall–Kier alpha value is -1.18. The predicted octanol–water partition coefficient (Wildman–Crippen LogP) is 2.68. The lowest BCUT2D eigenvalue weighted by molar-refractivity contribution is -0.380. The summed E-state index contributed by atoms with van der Waals surface area (Å²) in [5.41, 5.74) is 0.857. The highest BCUT2D eigenvalue weighted by atomic mass is 35.5. The number of carbonyl (C=O) groups is 1. The molecule has 0 aromatic carbocycles. The van der Waals surface area contributed by atoms with E-state index in [2.05, 4.69) is 5.32 Å². The fourth-order valence-corrected chi connectivity index (χ4v) is 4.05. The van der Waals surface area contributed by atoms with E-state index in [1.165, 1.54) is 18.9 Å². The number of thiophene rings is 1. The molecule has 3 rings (SSSR count). The van der Waals surface area contributed by atoms with Crippen LogP contribution >= 0.6 is 23.7 Å². The molecule has 0 aliphatic carbocycles. The van der Waals surface area contributed by atoms with Gasteiger partial charge in [0.2, 0.25) is 0 Å². The molecular weight excluding hydrogens is 326 g/mol. The van der Waals surface area contributed by atoms with Crippen LogP contribution in [-0.4, -0.2) is 41.9 Å². The third-order valence-corrected chi connectivity index (χ3v) is 5.67. The van der Waals surface area contributed by atoms with Gasteiger partial charge in [-0.25, -0.2) is 0 Å². The van der Waals surface area contributed by atoms with Gasteiger partial charge in [-0.05, 0) is 44.2 Å². The van der Waals surface area contributed by atoms with E-state index in [0.717, 1.165) is 50.4 Å². The molecular formula is C14H20ClN3O3S. The van der Waals surface area contributed by atoms with E-state index in [1.807, 2.05) is 4.90 Å². The summed E-state index contributed by atoms with van der Waals surface area (Å²) in [4.78, 5) is 24.5. The van der Waals surface area contributed by atoms with Crippen molar-refractivity contribution < 1.29 is 9.72 Å². The molecule has 2 fully saturated rings. The SMILES string of the molecule is Cl.O=C(c1csc([N+](=O)[O-])c1)N1CCC2(CCNCC2)CC1. The van der Waals surface area contributed by atoms with E-state index in [0.29, 0.717) is 11.0 Å². The average Bonchev–Trinajstić information content (AvgIpc) is 2.98. The number of hydrogen-bond acceptors (Lipinski definition) is 5. The van der Waals surface area contributed by atoms with Crippen molar-refractivity contribution in [1.29, 1.82) is 0 Å². The summed E-state index contributed by atoms with van der Waals surface area (Å²) in [6, 6.07) is 1.39. The highest BCUT2D eigenvalue weighted by Gasteiger charge is 2.37. The van der Waals surface area contributed by atoms with Crippen molar-refractivity contribution in [3.05, 3.63) is 27.1 Å². The maximum absolute atomic E-state index is 12.4. The zero-order chi connectivity index (χ0) is 14.9. The summed E-state index contributed by atoms with van der Waals surface area (Å²) in [5, 5.41) is 15.7. The van der Waals surface area contributed by atoms with Gasteiger partial charge in [-0.2, -0.15) is 0 Å². The molecule has 1 N–H and O–H groups in total. The van der Waals surface area contributed by atoms with Crippen molar-refractivity contribution in [3.8, 4) is 0 Å². The summed E-state index contributed by atoms with van der Waals surface area (Å²) in [6.07, 6.45) is 4.48. The largest absolute Gasteiger partial charge is 0.339 e. The molecule has 3 heterocycles. The topological polar surface area (TPSA) is 75.5 Å². The minimum Gasteiger partial charge on any atom is -0.339 e. The predicted molar refractivity (Wildman–Crippen MR) is 87.9 cm³/mol. The van der Waals surface area contributed by atoms with Gasteiger partial charge < -0.3 is 10.2 Å². The molecule has 1 amide bonds. The van der Waals surface area contributed by atoms with Gasteiger partial charge in [0, 0.05) is 24.5 Å². The number of likely N-dealkylation sites (tertiary alicyclic amines) is 1. The van der Waals surface area contributed by atoms with Crippen LogP contribution in [0.1, 0.15) is 36.0 Å². The quantitative estimate of drug-likeness (QED) is 0.660. The highest BCUT2D eigenvalue weighted by molar-refractivity contribution is 7.13. The summed E-state index contributed by atoms with van der Waals surface area (Å²) in [6.45, 7) is 3.68. The van der Waals surface area contributed by atoms with Gasteiger partial charge in [-0.15, -0.1) is 12.4 Å². The Bertz CT molecular complexity index is 547. The van der Waals surface area contributed by atoms with Crippen molar-refractivity contribution in [3.63, 3.8) is 0 Å². The maximum atomic E-state index is 12.4. The molecule has 8 heteroatoms. The normalized spacial score (nSPS) is 20.5. The molecule has 2 aliphatic heterocycles. The zero-order valence-corrected chi connectivity index (χ0v) is 13.9. The Morgan fingerprint density at radius 3 is 2.45 bits per heavy atom. The second-order valence-electron chi connectivity index (χ2n) is 5.97. The van der Waals surface area contributed by atoms with Gasteiger partial charge in [0.15, 0.2) is 0 Å². The van der Waals surface area contributed by atoms with Crippen molar-refractivity contribution in [1.82, 2.24) is 10.2 Å². The fourth-order valence-electron chi connectivity index (χ4n) is 3.36. The molecule has 2 aliphatic rings. The van der Waals surface area contributed by atoms with Gasteiger partial charge in [0.05, 0.1) is 10.5 Å². The Labute approximate surface area is 139 Å². The fraction of sp³-hybridized carbons (Fsp3) is 0.643. The lowest BCUT2D eigenvalue weighted by Gasteiger charge is -2.44. The molecule has 1 aromatic rings. The van der Waals surface area contributed by atoms with Gasteiger partial charge >= 0.3 is 5.00 Å². The van der Waals surface area contributed by atoms with E-state index < -0.39 is 4.92 Å². The van der Waals surface area contributed by atoms with Crippen LogP contribution in [0, 0.1) is 15.5 Å². The summed E-state index contributed by atoms with van der Waals surface area (Å²) in [7, 11) is 0. The minimum atomic E-state index is -0.443. The number of hydrogen-bond donors (Lipinski definition) is 1. The first-order valence-electron chi connectivity index (χ1n) is 7.33. The molecule has 1 spiro atoms. The molecule has 0 bridgehead atoms. The van der Waals surface area contributed by atoms with Gasteiger partial charge in [-0.3, -0.25) is 14.9 Å². The van der Waals surface area contributed by atoms with Crippen LogP contribution in [0.25, 0.3) is 0 Å². The Morgan fingerprint density at radius 1 is 1.27 bits per heavy atom. The van der Waals surface area contributed by atoms with Crippen molar-refractivity contribution in [2.45, 2.75) is 25.7 Å². The first-order valence-corrected chi connectivity index (χ1v) is 8.21. The Balaban J connectivity index is 0.00000176. The van der Waals surface area contributed by atoms with Crippen LogP contribution in [0.3, 0.4) is 0 Å². The number of amides is 1. The van der Waals surface area contributed by atoms with Crippen molar-refractivity contribution >= 4 is 34.7 Å². The first-order chi connectivity index (χ1) is 10.1. The molecule has 6 nitrogen and oxygen atoms in total. The standard InChI is InChI=1S/C14H19N3O3S.ClH/c18-13(11-9-12(17(19)20)21-10-11)16-7-3-14(4-8-16)1-5-15-6-2-14;/h9-10,15H,1-8H2;1H. The van der Waals surface area contributed by atoms with Crippen molar-refractivity contribution in [2.75, 3.05) is 26.2 Å². The van der Waals surface area contributed by atoms with E-state index in [9.17, 15) is 14.9 Å².